The number of piperidine rings is 1. The highest BCUT2D eigenvalue weighted by atomic mass is 16.6. The number of nitrogens with two attached hydrogens (primary N) is 1. The molecule has 0 bridgehead atoms. The first-order valence-electron chi connectivity index (χ1n) is 6.02. The third kappa shape index (κ3) is 4.38. The second-order valence-corrected chi connectivity index (χ2v) is 6.21. The van der Waals surface area contributed by atoms with E-state index < -0.39 is 5.60 Å². The normalized spacial score (nSPS) is 29.9. The number of nitrogens with zero attached hydrogens (tertiary/aromatic N) is 1. The standard InChI is InChI=1S/C13H24N2O2/c1-6-10-7-13(5,14)9-15(8-10)11(16)17-12(2,3)4/h6,10H,1,7-9,14H2,2-5H3/t10-,13+/m0/s1. The summed E-state index contributed by atoms with van der Waals surface area (Å²) in [5.74, 6) is 0.242. The van der Waals surface area contributed by atoms with Gasteiger partial charge in [-0.3, -0.25) is 0 Å². The Hall–Kier alpha value is -1.03. The fraction of sp³-hybridized carbons (Fsp3) is 0.769. The lowest BCUT2D eigenvalue weighted by molar-refractivity contribution is 0.0108. The molecule has 0 unspecified atom stereocenters. The van der Waals surface area contributed by atoms with Crippen molar-refractivity contribution in [2.45, 2.75) is 45.3 Å². The fourth-order valence-electron chi connectivity index (χ4n) is 2.14. The van der Waals surface area contributed by atoms with E-state index in [9.17, 15) is 4.79 Å². The van der Waals surface area contributed by atoms with Gasteiger partial charge in [0.2, 0.25) is 0 Å². The lowest BCUT2D eigenvalue weighted by atomic mass is 9.85. The molecular weight excluding hydrogens is 216 g/mol. The highest BCUT2D eigenvalue weighted by Crippen LogP contribution is 2.25. The van der Waals surface area contributed by atoms with Crippen LogP contribution in [0.3, 0.4) is 0 Å². The number of amides is 1. The van der Waals surface area contributed by atoms with E-state index in [0.29, 0.717) is 13.1 Å². The molecule has 1 fully saturated rings. The summed E-state index contributed by atoms with van der Waals surface area (Å²) in [7, 11) is 0. The predicted molar refractivity (Wildman–Crippen MR) is 68.7 cm³/mol. The number of likely N-dealkylation sites (tertiary alicyclic amines) is 1. The lowest BCUT2D eigenvalue weighted by Gasteiger charge is -2.41. The summed E-state index contributed by atoms with van der Waals surface area (Å²) in [6, 6.07) is 0. The summed E-state index contributed by atoms with van der Waals surface area (Å²) in [6.45, 7) is 12.5. The summed E-state index contributed by atoms with van der Waals surface area (Å²) < 4.78 is 5.36. The largest absolute Gasteiger partial charge is 0.444 e. The van der Waals surface area contributed by atoms with Crippen LogP contribution in [0.4, 0.5) is 4.79 Å². The van der Waals surface area contributed by atoms with E-state index in [4.69, 9.17) is 10.5 Å². The van der Waals surface area contributed by atoms with Gasteiger partial charge in [-0.25, -0.2) is 4.79 Å². The molecule has 1 rings (SSSR count). The van der Waals surface area contributed by atoms with Crippen molar-refractivity contribution in [3.05, 3.63) is 12.7 Å². The maximum absolute atomic E-state index is 12.0. The zero-order valence-electron chi connectivity index (χ0n) is 11.3. The maximum atomic E-state index is 12.0. The van der Waals surface area contributed by atoms with E-state index in [2.05, 4.69) is 6.58 Å². The molecular formula is C13H24N2O2. The minimum Gasteiger partial charge on any atom is -0.444 e. The minimum absolute atomic E-state index is 0.242. The van der Waals surface area contributed by atoms with Gasteiger partial charge in [0.25, 0.3) is 0 Å². The van der Waals surface area contributed by atoms with Gasteiger partial charge in [-0.1, -0.05) is 6.08 Å². The topological polar surface area (TPSA) is 55.6 Å². The molecule has 4 nitrogen and oxygen atoms in total. The van der Waals surface area contributed by atoms with Crippen molar-refractivity contribution >= 4 is 6.09 Å². The molecule has 1 amide bonds. The number of carbonyl (C=O) groups is 1. The van der Waals surface area contributed by atoms with Crippen molar-refractivity contribution < 1.29 is 9.53 Å². The van der Waals surface area contributed by atoms with Crippen LogP contribution < -0.4 is 5.73 Å². The molecule has 0 aromatic rings. The van der Waals surface area contributed by atoms with Crippen LogP contribution in [0.5, 0.6) is 0 Å². The van der Waals surface area contributed by atoms with E-state index >= 15 is 0 Å². The Morgan fingerprint density at radius 3 is 2.65 bits per heavy atom. The van der Waals surface area contributed by atoms with Crippen LogP contribution in [0.1, 0.15) is 34.1 Å². The molecule has 1 aliphatic rings. The van der Waals surface area contributed by atoms with Crippen molar-refractivity contribution in [2.24, 2.45) is 11.7 Å². The van der Waals surface area contributed by atoms with E-state index in [1.54, 1.807) is 4.90 Å². The van der Waals surface area contributed by atoms with Crippen molar-refractivity contribution in [1.82, 2.24) is 4.90 Å². The van der Waals surface area contributed by atoms with Gasteiger partial charge >= 0.3 is 6.09 Å². The SMILES string of the molecule is C=C[C@@H]1CN(C(=O)OC(C)(C)C)C[C@](C)(N)C1. The van der Waals surface area contributed by atoms with Gasteiger partial charge < -0.3 is 15.4 Å². The van der Waals surface area contributed by atoms with Crippen LogP contribution in [0, 0.1) is 5.92 Å². The number of hydrogen-bond donors (Lipinski definition) is 1. The molecule has 1 aliphatic heterocycles. The molecule has 0 radical (unpaired) electrons. The zero-order chi connectivity index (χ0) is 13.3. The lowest BCUT2D eigenvalue weighted by Crippen LogP contribution is -2.57. The van der Waals surface area contributed by atoms with Gasteiger partial charge in [-0.2, -0.15) is 0 Å². The van der Waals surface area contributed by atoms with Crippen LogP contribution in [0.25, 0.3) is 0 Å². The number of rotatable bonds is 1. The molecule has 0 saturated carbocycles. The molecule has 17 heavy (non-hydrogen) atoms. The van der Waals surface area contributed by atoms with Crippen LogP contribution in [-0.2, 0) is 4.74 Å². The van der Waals surface area contributed by atoms with Crippen molar-refractivity contribution in [3.63, 3.8) is 0 Å². The van der Waals surface area contributed by atoms with E-state index in [0.717, 1.165) is 6.42 Å². The van der Waals surface area contributed by atoms with Gasteiger partial charge in [0.05, 0.1) is 0 Å². The Morgan fingerprint density at radius 1 is 1.59 bits per heavy atom. The maximum Gasteiger partial charge on any atom is 0.410 e. The van der Waals surface area contributed by atoms with Crippen molar-refractivity contribution in [3.8, 4) is 0 Å². The van der Waals surface area contributed by atoms with Crippen LogP contribution in [0.15, 0.2) is 12.7 Å². The van der Waals surface area contributed by atoms with E-state index in [1.807, 2.05) is 33.8 Å². The summed E-state index contributed by atoms with van der Waals surface area (Å²) in [5.41, 5.74) is 5.30. The van der Waals surface area contributed by atoms with Gasteiger partial charge in [0.1, 0.15) is 5.60 Å². The van der Waals surface area contributed by atoms with Gasteiger partial charge in [-0.15, -0.1) is 6.58 Å². The van der Waals surface area contributed by atoms with Gasteiger partial charge in [0.15, 0.2) is 0 Å². The second-order valence-electron chi connectivity index (χ2n) is 6.21. The zero-order valence-corrected chi connectivity index (χ0v) is 11.3. The Labute approximate surface area is 104 Å². The Morgan fingerprint density at radius 2 is 2.18 bits per heavy atom. The molecule has 1 saturated heterocycles. The first-order chi connectivity index (χ1) is 7.63. The summed E-state index contributed by atoms with van der Waals surface area (Å²) in [6.07, 6.45) is 2.43. The average molecular weight is 240 g/mol. The second kappa shape index (κ2) is 4.69. The summed E-state index contributed by atoms with van der Waals surface area (Å²) in [5, 5.41) is 0. The van der Waals surface area contributed by atoms with Crippen molar-refractivity contribution in [2.75, 3.05) is 13.1 Å². The Kier molecular flexibility index (Phi) is 3.87. The average Bonchev–Trinajstić information content (AvgIpc) is 2.12. The molecule has 0 aromatic carbocycles. The monoisotopic (exact) mass is 240 g/mol. The minimum atomic E-state index is -0.469. The van der Waals surface area contributed by atoms with Crippen molar-refractivity contribution in [1.29, 1.82) is 0 Å². The first-order valence-corrected chi connectivity index (χ1v) is 6.02. The number of ether oxygens (including phenoxy) is 1. The highest BCUT2D eigenvalue weighted by molar-refractivity contribution is 5.68. The third-order valence-electron chi connectivity index (χ3n) is 2.72. The molecule has 98 valence electrons. The Balaban J connectivity index is 2.70. The van der Waals surface area contributed by atoms with Gasteiger partial charge in [0, 0.05) is 18.6 Å². The van der Waals surface area contributed by atoms with E-state index in [1.165, 1.54) is 0 Å². The number of hydrogen-bond acceptors (Lipinski definition) is 3. The third-order valence-corrected chi connectivity index (χ3v) is 2.72. The molecule has 0 aromatic heterocycles. The van der Waals surface area contributed by atoms with Crippen LogP contribution in [0.2, 0.25) is 0 Å². The fourth-order valence-corrected chi connectivity index (χ4v) is 2.14. The summed E-state index contributed by atoms with van der Waals surface area (Å²) in [4.78, 5) is 13.7. The molecule has 0 spiro atoms. The molecule has 4 heteroatoms. The van der Waals surface area contributed by atoms with Gasteiger partial charge in [-0.05, 0) is 40.0 Å². The van der Waals surface area contributed by atoms with Crippen LogP contribution in [-0.4, -0.2) is 35.2 Å². The molecule has 2 N–H and O–H groups in total. The Bertz CT molecular complexity index is 305. The first kappa shape index (κ1) is 14.0. The number of carbonyl (C=O) groups excluding carboxylic acids is 1. The highest BCUT2D eigenvalue weighted by Gasteiger charge is 2.35. The van der Waals surface area contributed by atoms with Crippen LogP contribution >= 0.6 is 0 Å². The molecule has 1 heterocycles. The molecule has 0 aliphatic carbocycles. The smallest absolute Gasteiger partial charge is 0.410 e. The van der Waals surface area contributed by atoms with E-state index in [-0.39, 0.29) is 17.6 Å². The summed E-state index contributed by atoms with van der Waals surface area (Å²) >= 11 is 0. The quantitative estimate of drug-likeness (QED) is 0.714. The molecule has 2 atom stereocenters. The predicted octanol–water partition coefficient (Wildman–Crippen LogP) is 2.15.